The molecule has 0 bridgehead atoms. The highest BCUT2D eigenvalue weighted by Crippen LogP contribution is 2.43. The molecule has 1 aromatic carbocycles. The van der Waals surface area contributed by atoms with Gasteiger partial charge in [-0.05, 0) is 50.8 Å². The number of hydrogen-bond donors (Lipinski definition) is 0. The van der Waals surface area contributed by atoms with E-state index in [4.69, 9.17) is 14.2 Å². The fourth-order valence-electron chi connectivity index (χ4n) is 3.68. The number of likely N-dealkylation sites (N-methyl/N-ethyl adjacent to an activating group) is 1. The summed E-state index contributed by atoms with van der Waals surface area (Å²) in [6.07, 6.45) is 1.90. The van der Waals surface area contributed by atoms with Crippen molar-refractivity contribution < 1.29 is 23.8 Å². The van der Waals surface area contributed by atoms with Gasteiger partial charge in [0.15, 0.2) is 23.3 Å². The minimum atomic E-state index is -0.409. The van der Waals surface area contributed by atoms with Crippen LogP contribution in [0.25, 0.3) is 0 Å². The Bertz CT molecular complexity index is 968. The highest BCUT2D eigenvalue weighted by atomic mass is 32.2. The second-order valence-corrected chi connectivity index (χ2v) is 7.96. The van der Waals surface area contributed by atoms with Gasteiger partial charge in [0.2, 0.25) is 0 Å². The number of benzene rings is 1. The molecular weight excluding hydrogens is 430 g/mol. The third-order valence-electron chi connectivity index (χ3n) is 5.29. The lowest BCUT2D eigenvalue weighted by Crippen LogP contribution is -2.34. The van der Waals surface area contributed by atoms with E-state index in [2.05, 4.69) is 4.99 Å². The van der Waals surface area contributed by atoms with Crippen LogP contribution in [-0.4, -0.2) is 60.3 Å². The summed E-state index contributed by atoms with van der Waals surface area (Å²) in [5.41, 5.74) is 1.93. The molecular formula is C23H29N3O5S. The number of thioether (sulfide) groups is 1. The maximum absolute atomic E-state index is 12.8. The number of esters is 1. The summed E-state index contributed by atoms with van der Waals surface area (Å²) in [7, 11) is 1.55. The van der Waals surface area contributed by atoms with Crippen molar-refractivity contribution in [3.8, 4) is 11.5 Å². The number of fused-ring (bicyclic) bond motifs is 1. The molecule has 0 saturated heterocycles. The number of amidine groups is 1. The van der Waals surface area contributed by atoms with Gasteiger partial charge in [0, 0.05) is 19.3 Å². The molecule has 0 N–H and O–H groups in total. The fourth-order valence-corrected chi connectivity index (χ4v) is 4.47. The molecule has 1 atom stereocenters. The summed E-state index contributed by atoms with van der Waals surface area (Å²) >= 11 is 1.50. The quantitative estimate of drug-likeness (QED) is 0.521. The van der Waals surface area contributed by atoms with Gasteiger partial charge in [0.05, 0.1) is 31.0 Å². The summed E-state index contributed by atoms with van der Waals surface area (Å²) in [5.74, 6) is 0.464. The predicted molar refractivity (Wildman–Crippen MR) is 124 cm³/mol. The van der Waals surface area contributed by atoms with Gasteiger partial charge < -0.3 is 24.0 Å². The molecule has 0 fully saturated rings. The van der Waals surface area contributed by atoms with Crippen LogP contribution in [0.4, 0.5) is 0 Å². The predicted octanol–water partition coefficient (Wildman–Crippen LogP) is 3.71. The monoisotopic (exact) mass is 459 g/mol. The second kappa shape index (κ2) is 10.6. The Kier molecular flexibility index (Phi) is 7.84. The first-order chi connectivity index (χ1) is 15.4. The minimum absolute atomic E-state index is 0.0732. The molecule has 0 radical (unpaired) electrons. The molecule has 2 aliphatic heterocycles. The lowest BCUT2D eigenvalue weighted by atomic mass is 9.94. The zero-order chi connectivity index (χ0) is 23.3. The number of hydrogen-bond acceptors (Lipinski definition) is 8. The molecule has 172 valence electrons. The van der Waals surface area contributed by atoms with Crippen LogP contribution in [0.1, 0.15) is 39.3 Å². The molecule has 0 aromatic heterocycles. The van der Waals surface area contributed by atoms with E-state index in [0.29, 0.717) is 35.9 Å². The van der Waals surface area contributed by atoms with E-state index < -0.39 is 12.0 Å². The van der Waals surface area contributed by atoms with Gasteiger partial charge in [-0.2, -0.15) is 0 Å². The lowest BCUT2D eigenvalue weighted by molar-refractivity contribution is -0.139. The van der Waals surface area contributed by atoms with Crippen LogP contribution in [0, 0.1) is 0 Å². The van der Waals surface area contributed by atoms with Crippen molar-refractivity contribution in [1.82, 2.24) is 9.80 Å². The van der Waals surface area contributed by atoms with Crippen LogP contribution >= 0.6 is 11.8 Å². The first-order valence-electron chi connectivity index (χ1n) is 10.6. The molecule has 1 aromatic rings. The van der Waals surface area contributed by atoms with Crippen molar-refractivity contribution in [3.63, 3.8) is 0 Å². The Morgan fingerprint density at radius 1 is 1.19 bits per heavy atom. The molecule has 32 heavy (non-hydrogen) atoms. The van der Waals surface area contributed by atoms with Gasteiger partial charge in [-0.15, -0.1) is 0 Å². The van der Waals surface area contributed by atoms with E-state index in [1.807, 2.05) is 49.4 Å². The fraction of sp³-hybridized carbons (Fsp3) is 0.435. The molecule has 9 heteroatoms. The molecule has 0 saturated carbocycles. The van der Waals surface area contributed by atoms with Gasteiger partial charge in [-0.3, -0.25) is 4.79 Å². The average molecular weight is 460 g/mol. The number of methoxy groups -OCH3 is 1. The van der Waals surface area contributed by atoms with E-state index in [0.717, 1.165) is 10.7 Å². The van der Waals surface area contributed by atoms with Crippen molar-refractivity contribution >= 4 is 28.8 Å². The number of carbonyl (C=O) groups is 2. The molecule has 3 rings (SSSR count). The van der Waals surface area contributed by atoms with Crippen LogP contribution in [0.15, 0.2) is 46.1 Å². The second-order valence-electron chi connectivity index (χ2n) is 7.09. The largest absolute Gasteiger partial charge is 0.493 e. The minimum Gasteiger partial charge on any atom is -0.493 e. The molecule has 0 unspecified atom stereocenters. The number of amides is 1. The Morgan fingerprint density at radius 2 is 1.94 bits per heavy atom. The number of allylic oxidation sites excluding steroid dienone is 1. The third-order valence-corrected chi connectivity index (χ3v) is 6.06. The van der Waals surface area contributed by atoms with Crippen LogP contribution in [0.5, 0.6) is 11.5 Å². The standard InChI is InChI=1S/C23H29N3O5S/c1-6-25(7-2)19(27)14-31-17-10-9-16(13-18(17)29-5)21-20(22(28)30-8-3)15(4)24-23-26(21)11-12-32-23/h9-13,21H,6-8,14H2,1-5H3/t21-/m0/s1. The van der Waals surface area contributed by atoms with Crippen molar-refractivity contribution in [1.29, 1.82) is 0 Å². The van der Waals surface area contributed by atoms with Crippen LogP contribution < -0.4 is 9.47 Å². The third kappa shape index (κ3) is 4.77. The Labute approximate surface area is 192 Å². The molecule has 2 aliphatic rings. The van der Waals surface area contributed by atoms with E-state index in [9.17, 15) is 9.59 Å². The van der Waals surface area contributed by atoms with E-state index >= 15 is 0 Å². The summed E-state index contributed by atoms with van der Waals surface area (Å²) in [5, 5.41) is 2.73. The number of aliphatic imine (C=N–C) groups is 1. The summed E-state index contributed by atoms with van der Waals surface area (Å²) in [4.78, 5) is 33.3. The first kappa shape index (κ1) is 23.7. The van der Waals surface area contributed by atoms with Gasteiger partial charge in [-0.25, -0.2) is 9.79 Å². The molecule has 8 nitrogen and oxygen atoms in total. The van der Waals surface area contributed by atoms with Crippen molar-refractivity contribution in [2.75, 3.05) is 33.4 Å². The number of ether oxygens (including phenoxy) is 3. The smallest absolute Gasteiger partial charge is 0.338 e. The van der Waals surface area contributed by atoms with E-state index in [1.54, 1.807) is 25.0 Å². The molecule has 0 aliphatic carbocycles. The topological polar surface area (TPSA) is 80.7 Å². The van der Waals surface area contributed by atoms with Gasteiger partial charge in [-0.1, -0.05) is 17.8 Å². The van der Waals surface area contributed by atoms with Gasteiger partial charge in [0.1, 0.15) is 0 Å². The molecule has 0 spiro atoms. The highest BCUT2D eigenvalue weighted by molar-refractivity contribution is 8.16. The molecule has 1 amide bonds. The first-order valence-corrected chi connectivity index (χ1v) is 11.5. The Morgan fingerprint density at radius 3 is 2.59 bits per heavy atom. The van der Waals surface area contributed by atoms with Crippen LogP contribution in [0.2, 0.25) is 0 Å². The summed E-state index contributed by atoms with van der Waals surface area (Å²) in [6.45, 7) is 8.92. The SMILES string of the molecule is CCOC(=O)C1=C(C)N=C2SC=CN2[C@H]1c1ccc(OCC(=O)N(CC)CC)c(OC)c1. The van der Waals surface area contributed by atoms with E-state index in [-0.39, 0.29) is 19.1 Å². The maximum atomic E-state index is 12.8. The van der Waals surface area contributed by atoms with E-state index in [1.165, 1.54) is 11.8 Å². The van der Waals surface area contributed by atoms with Crippen LogP contribution in [0.3, 0.4) is 0 Å². The van der Waals surface area contributed by atoms with Gasteiger partial charge >= 0.3 is 5.97 Å². The lowest BCUT2D eigenvalue weighted by Gasteiger charge is -2.33. The average Bonchev–Trinajstić information content (AvgIpc) is 3.25. The zero-order valence-corrected chi connectivity index (χ0v) is 19.9. The normalized spacial score (nSPS) is 17.1. The zero-order valence-electron chi connectivity index (χ0n) is 19.1. The Hall–Kier alpha value is -2.94. The van der Waals surface area contributed by atoms with Gasteiger partial charge in [0.25, 0.3) is 5.91 Å². The maximum Gasteiger partial charge on any atom is 0.338 e. The molecule has 2 heterocycles. The number of nitrogens with zero attached hydrogens (tertiary/aromatic N) is 3. The summed E-state index contributed by atoms with van der Waals surface area (Å²) < 4.78 is 16.6. The number of rotatable bonds is 9. The van der Waals surface area contributed by atoms with Crippen molar-refractivity contribution in [2.45, 2.75) is 33.7 Å². The van der Waals surface area contributed by atoms with Crippen LogP contribution in [-0.2, 0) is 14.3 Å². The number of carbonyl (C=O) groups excluding carboxylic acids is 2. The Balaban J connectivity index is 1.92. The van der Waals surface area contributed by atoms with Crippen molar-refractivity contribution in [3.05, 3.63) is 46.6 Å². The summed E-state index contributed by atoms with van der Waals surface area (Å²) in [6, 6.07) is 5.05. The van der Waals surface area contributed by atoms with Crippen molar-refractivity contribution in [2.24, 2.45) is 4.99 Å². The highest BCUT2D eigenvalue weighted by Gasteiger charge is 2.37.